The summed E-state index contributed by atoms with van der Waals surface area (Å²) < 4.78 is 2.33. The summed E-state index contributed by atoms with van der Waals surface area (Å²) in [5, 5.41) is 3.28. The molecule has 4 heteroatoms. The molecule has 1 aromatic heterocycles. The fourth-order valence-electron chi connectivity index (χ4n) is 3.22. The van der Waals surface area contributed by atoms with Crippen LogP contribution in [0.3, 0.4) is 0 Å². The van der Waals surface area contributed by atoms with E-state index < -0.39 is 0 Å². The second-order valence-electron chi connectivity index (χ2n) is 5.45. The Hall–Kier alpha value is -1.29. The van der Waals surface area contributed by atoms with Crippen molar-refractivity contribution < 1.29 is 4.79 Å². The third kappa shape index (κ3) is 1.75. The van der Waals surface area contributed by atoms with E-state index in [0.29, 0.717) is 5.91 Å². The van der Waals surface area contributed by atoms with Crippen molar-refractivity contribution in [2.24, 2.45) is 5.92 Å². The van der Waals surface area contributed by atoms with Gasteiger partial charge in [0.2, 0.25) is 5.91 Å². The van der Waals surface area contributed by atoms with Crippen LogP contribution in [0, 0.1) is 12.8 Å². The Kier molecular flexibility index (Phi) is 2.90. The van der Waals surface area contributed by atoms with E-state index in [4.69, 9.17) is 0 Å². The highest BCUT2D eigenvalue weighted by atomic mass is 16.2. The third-order valence-corrected chi connectivity index (χ3v) is 4.39. The number of nitrogens with zero attached hydrogens (tertiary/aromatic N) is 2. The molecule has 1 fully saturated rings. The Morgan fingerprint density at radius 3 is 2.94 bits per heavy atom. The van der Waals surface area contributed by atoms with Crippen LogP contribution >= 0.6 is 0 Å². The number of aryl methyl sites for hydroxylation is 1. The molecule has 0 spiro atoms. The quantitative estimate of drug-likeness (QED) is 0.812. The molecule has 4 nitrogen and oxygen atoms in total. The Labute approximate surface area is 108 Å². The van der Waals surface area contributed by atoms with E-state index in [1.165, 1.54) is 11.4 Å². The van der Waals surface area contributed by atoms with Crippen LogP contribution in [0.4, 0.5) is 0 Å². The van der Waals surface area contributed by atoms with Crippen LogP contribution in [0.2, 0.25) is 0 Å². The summed E-state index contributed by atoms with van der Waals surface area (Å²) in [5.41, 5.74) is 2.57. The number of nitrogens with one attached hydrogen (secondary N) is 1. The fraction of sp³-hybridized carbons (Fsp3) is 0.643. The number of carbonyl (C=O) groups is 1. The number of amides is 1. The normalized spacial score (nSPS) is 27.3. The van der Waals surface area contributed by atoms with Gasteiger partial charge in [-0.3, -0.25) is 4.79 Å². The zero-order valence-corrected chi connectivity index (χ0v) is 11.1. The molecule has 0 radical (unpaired) electrons. The molecule has 2 aliphatic heterocycles. The minimum Gasteiger partial charge on any atom is -0.345 e. The van der Waals surface area contributed by atoms with Crippen LogP contribution in [0.1, 0.15) is 30.8 Å². The highest BCUT2D eigenvalue weighted by molar-refractivity contribution is 5.80. The molecule has 2 atom stereocenters. The van der Waals surface area contributed by atoms with Crippen LogP contribution in [-0.2, 0) is 11.3 Å². The van der Waals surface area contributed by atoms with Crippen LogP contribution in [0.15, 0.2) is 12.1 Å². The first-order valence-electron chi connectivity index (χ1n) is 6.85. The van der Waals surface area contributed by atoms with Crippen molar-refractivity contribution in [1.29, 1.82) is 0 Å². The summed E-state index contributed by atoms with van der Waals surface area (Å²) in [6.07, 6.45) is 0.988. The monoisotopic (exact) mass is 247 g/mol. The molecular formula is C14H21N3O. The van der Waals surface area contributed by atoms with Crippen molar-refractivity contribution in [2.75, 3.05) is 19.6 Å². The molecular weight excluding hydrogens is 226 g/mol. The summed E-state index contributed by atoms with van der Waals surface area (Å²) in [6, 6.07) is 4.52. The van der Waals surface area contributed by atoms with Crippen LogP contribution < -0.4 is 5.32 Å². The van der Waals surface area contributed by atoms with E-state index in [2.05, 4.69) is 40.8 Å². The van der Waals surface area contributed by atoms with Gasteiger partial charge < -0.3 is 14.8 Å². The van der Waals surface area contributed by atoms with E-state index in [9.17, 15) is 4.79 Å². The van der Waals surface area contributed by atoms with Crippen LogP contribution in [0.5, 0.6) is 0 Å². The van der Waals surface area contributed by atoms with E-state index >= 15 is 0 Å². The fourth-order valence-corrected chi connectivity index (χ4v) is 3.22. The molecule has 1 N–H and O–H groups in total. The Balaban J connectivity index is 1.81. The van der Waals surface area contributed by atoms with Gasteiger partial charge in [0.05, 0.1) is 12.0 Å². The lowest BCUT2D eigenvalue weighted by Gasteiger charge is -2.36. The third-order valence-electron chi connectivity index (χ3n) is 4.39. The Bertz CT molecular complexity index is 460. The average Bonchev–Trinajstić information content (AvgIpc) is 2.99. The van der Waals surface area contributed by atoms with E-state index in [-0.39, 0.29) is 12.0 Å². The molecule has 0 bridgehead atoms. The van der Waals surface area contributed by atoms with E-state index in [1.807, 2.05) is 0 Å². The van der Waals surface area contributed by atoms with Gasteiger partial charge in [-0.15, -0.1) is 0 Å². The SMILES string of the molecule is Cc1ccc2n1CCN(C(=O)C1CCNC1)C2C. The summed E-state index contributed by atoms with van der Waals surface area (Å²) in [7, 11) is 0. The molecule has 3 rings (SSSR count). The lowest BCUT2D eigenvalue weighted by atomic mass is 10.0. The zero-order chi connectivity index (χ0) is 12.7. The number of hydrogen-bond donors (Lipinski definition) is 1. The second-order valence-corrected chi connectivity index (χ2v) is 5.45. The predicted molar refractivity (Wildman–Crippen MR) is 70.3 cm³/mol. The highest BCUT2D eigenvalue weighted by Crippen LogP contribution is 2.29. The molecule has 0 aromatic carbocycles. The highest BCUT2D eigenvalue weighted by Gasteiger charge is 2.33. The standard InChI is InChI=1S/C14H21N3O/c1-10-3-4-13-11(2)17(8-7-16(10)13)14(18)12-5-6-15-9-12/h3-4,11-12,15H,5-9H2,1-2H3. The number of rotatable bonds is 1. The van der Waals surface area contributed by atoms with Crippen LogP contribution in [0.25, 0.3) is 0 Å². The maximum atomic E-state index is 12.5. The van der Waals surface area contributed by atoms with Crippen LogP contribution in [-0.4, -0.2) is 35.0 Å². The molecule has 1 aromatic rings. The lowest BCUT2D eigenvalue weighted by molar-refractivity contribution is -0.138. The summed E-state index contributed by atoms with van der Waals surface area (Å²) in [6.45, 7) is 7.89. The van der Waals surface area contributed by atoms with Crippen molar-refractivity contribution >= 4 is 5.91 Å². The van der Waals surface area contributed by atoms with Gasteiger partial charge in [0, 0.05) is 31.0 Å². The van der Waals surface area contributed by atoms with Gasteiger partial charge in [0.25, 0.3) is 0 Å². The smallest absolute Gasteiger partial charge is 0.227 e. The lowest BCUT2D eigenvalue weighted by Crippen LogP contribution is -2.44. The van der Waals surface area contributed by atoms with Crippen molar-refractivity contribution in [1.82, 2.24) is 14.8 Å². The molecule has 1 amide bonds. The van der Waals surface area contributed by atoms with Gasteiger partial charge in [-0.25, -0.2) is 0 Å². The molecule has 2 unspecified atom stereocenters. The Morgan fingerprint density at radius 1 is 1.39 bits per heavy atom. The van der Waals surface area contributed by atoms with Gasteiger partial charge in [-0.1, -0.05) is 0 Å². The number of carbonyl (C=O) groups excluding carboxylic acids is 1. The first kappa shape index (κ1) is 11.8. The van der Waals surface area contributed by atoms with E-state index in [1.54, 1.807) is 0 Å². The predicted octanol–water partition coefficient (Wildman–Crippen LogP) is 1.31. The zero-order valence-electron chi connectivity index (χ0n) is 11.1. The molecule has 18 heavy (non-hydrogen) atoms. The molecule has 0 saturated carbocycles. The largest absolute Gasteiger partial charge is 0.345 e. The number of fused-ring (bicyclic) bond motifs is 1. The minimum atomic E-state index is 0.190. The number of hydrogen-bond acceptors (Lipinski definition) is 2. The summed E-state index contributed by atoms with van der Waals surface area (Å²) in [4.78, 5) is 14.6. The van der Waals surface area contributed by atoms with Gasteiger partial charge >= 0.3 is 0 Å². The topological polar surface area (TPSA) is 37.3 Å². The number of aromatic nitrogens is 1. The molecule has 3 heterocycles. The van der Waals surface area contributed by atoms with E-state index in [0.717, 1.165) is 32.6 Å². The molecule has 2 aliphatic rings. The first-order chi connectivity index (χ1) is 8.68. The average molecular weight is 247 g/mol. The van der Waals surface area contributed by atoms with Crippen molar-refractivity contribution in [3.63, 3.8) is 0 Å². The summed E-state index contributed by atoms with van der Waals surface area (Å²) in [5.74, 6) is 0.521. The minimum absolute atomic E-state index is 0.190. The van der Waals surface area contributed by atoms with Crippen molar-refractivity contribution in [3.8, 4) is 0 Å². The molecule has 1 saturated heterocycles. The van der Waals surface area contributed by atoms with Crippen molar-refractivity contribution in [2.45, 2.75) is 32.9 Å². The molecule has 98 valence electrons. The first-order valence-corrected chi connectivity index (χ1v) is 6.85. The van der Waals surface area contributed by atoms with Crippen molar-refractivity contribution in [3.05, 3.63) is 23.5 Å². The van der Waals surface area contributed by atoms with Gasteiger partial charge in [-0.05, 0) is 38.9 Å². The Morgan fingerprint density at radius 2 is 2.22 bits per heavy atom. The molecule has 0 aliphatic carbocycles. The maximum Gasteiger partial charge on any atom is 0.227 e. The van der Waals surface area contributed by atoms with Gasteiger partial charge in [0.15, 0.2) is 0 Å². The van der Waals surface area contributed by atoms with Gasteiger partial charge in [-0.2, -0.15) is 0 Å². The van der Waals surface area contributed by atoms with Gasteiger partial charge in [0.1, 0.15) is 0 Å². The second kappa shape index (κ2) is 4.43. The summed E-state index contributed by atoms with van der Waals surface area (Å²) >= 11 is 0. The maximum absolute atomic E-state index is 12.5.